The van der Waals surface area contributed by atoms with Gasteiger partial charge in [0.15, 0.2) is 23.0 Å². The number of hydrogen-bond acceptors (Lipinski definition) is 5. The number of nitrogens with one attached hydrogen (secondary N) is 1. The van der Waals surface area contributed by atoms with Crippen LogP contribution in [0, 0.1) is 17.5 Å². The van der Waals surface area contributed by atoms with Crippen molar-refractivity contribution in [3.63, 3.8) is 0 Å². The van der Waals surface area contributed by atoms with Gasteiger partial charge in [-0.25, -0.2) is 22.8 Å². The minimum Gasteiger partial charge on any atom is -0.419 e. The summed E-state index contributed by atoms with van der Waals surface area (Å²) in [6.45, 7) is 2.75. The number of carbonyl (C=O) groups excluding carboxylic acids is 2. The zero-order valence-electron chi connectivity index (χ0n) is 11.0. The monoisotopic (exact) mass is 301 g/mol. The predicted molar refractivity (Wildman–Crippen MR) is 64.3 cm³/mol. The largest absolute Gasteiger partial charge is 0.419 e. The lowest BCUT2D eigenvalue weighted by Gasteiger charge is -2.29. The average Bonchev–Trinajstić information content (AvgIpc) is 2.33. The molecule has 1 saturated heterocycles. The minimum absolute atomic E-state index is 0.190. The Morgan fingerprint density at radius 3 is 2.00 bits per heavy atom. The van der Waals surface area contributed by atoms with Crippen LogP contribution in [0.1, 0.15) is 13.8 Å². The Morgan fingerprint density at radius 2 is 1.52 bits per heavy atom. The number of carbonyl (C=O) groups is 2. The fourth-order valence-corrected chi connectivity index (χ4v) is 1.57. The lowest BCUT2D eigenvalue weighted by molar-refractivity contribution is -0.222. The standard InChI is InChI=1S/C13H10F3NO4/c1-13(2)20-11(18)7(12(19)21-13)5-17-6-3-8(14)10(16)9(15)4-6/h3-5,17H,1-2H3. The van der Waals surface area contributed by atoms with Crippen LogP contribution in [0.25, 0.3) is 0 Å². The summed E-state index contributed by atoms with van der Waals surface area (Å²) in [5.41, 5.74) is -0.677. The summed E-state index contributed by atoms with van der Waals surface area (Å²) in [6.07, 6.45) is 0.867. The maximum absolute atomic E-state index is 13.0. The van der Waals surface area contributed by atoms with Crippen molar-refractivity contribution in [3.8, 4) is 0 Å². The molecule has 0 unspecified atom stereocenters. The number of anilines is 1. The quantitative estimate of drug-likeness (QED) is 0.393. The van der Waals surface area contributed by atoms with E-state index in [2.05, 4.69) is 5.32 Å². The van der Waals surface area contributed by atoms with E-state index in [1.807, 2.05) is 0 Å². The number of rotatable bonds is 2. The van der Waals surface area contributed by atoms with Gasteiger partial charge < -0.3 is 14.8 Å². The first-order valence-corrected chi connectivity index (χ1v) is 5.77. The SMILES string of the molecule is CC1(C)OC(=O)C(=CNc2cc(F)c(F)c(F)c2)C(=O)O1. The molecular formula is C13H10F3NO4. The Morgan fingerprint density at radius 1 is 1.05 bits per heavy atom. The molecule has 0 saturated carbocycles. The molecule has 0 amide bonds. The molecule has 2 rings (SSSR count). The molecule has 8 heteroatoms. The fourth-order valence-electron chi connectivity index (χ4n) is 1.57. The van der Waals surface area contributed by atoms with Gasteiger partial charge >= 0.3 is 11.9 Å². The van der Waals surface area contributed by atoms with Crippen molar-refractivity contribution in [1.82, 2.24) is 0 Å². The van der Waals surface area contributed by atoms with Gasteiger partial charge in [-0.3, -0.25) is 0 Å². The van der Waals surface area contributed by atoms with Crippen molar-refractivity contribution in [2.75, 3.05) is 5.32 Å². The Hall–Kier alpha value is -2.51. The molecule has 1 fully saturated rings. The number of ether oxygens (including phenoxy) is 2. The molecule has 0 aliphatic carbocycles. The van der Waals surface area contributed by atoms with Crippen LogP contribution in [-0.4, -0.2) is 17.7 Å². The first kappa shape index (κ1) is 14.9. The number of cyclic esters (lactones) is 2. The molecule has 0 aromatic heterocycles. The Kier molecular flexibility index (Phi) is 3.63. The maximum atomic E-state index is 13.0. The highest BCUT2D eigenvalue weighted by Gasteiger charge is 2.38. The van der Waals surface area contributed by atoms with E-state index in [-0.39, 0.29) is 5.69 Å². The van der Waals surface area contributed by atoms with Gasteiger partial charge in [-0.1, -0.05) is 0 Å². The van der Waals surface area contributed by atoms with Crippen LogP contribution in [0.5, 0.6) is 0 Å². The highest BCUT2D eigenvalue weighted by atomic mass is 19.2. The number of esters is 2. The molecule has 1 heterocycles. The second-order valence-electron chi connectivity index (χ2n) is 4.64. The third-order valence-electron chi connectivity index (χ3n) is 2.48. The van der Waals surface area contributed by atoms with Crippen LogP contribution in [0.3, 0.4) is 0 Å². The molecule has 1 N–H and O–H groups in total. The Labute approximate surface area is 117 Å². The molecule has 1 aliphatic heterocycles. The second kappa shape index (κ2) is 5.12. The molecule has 0 radical (unpaired) electrons. The molecule has 1 aromatic carbocycles. The van der Waals surface area contributed by atoms with Gasteiger partial charge in [0.25, 0.3) is 5.79 Å². The molecular weight excluding hydrogens is 291 g/mol. The van der Waals surface area contributed by atoms with E-state index in [1.54, 1.807) is 0 Å². The summed E-state index contributed by atoms with van der Waals surface area (Å²) in [4.78, 5) is 23.2. The van der Waals surface area contributed by atoms with Gasteiger partial charge in [0.1, 0.15) is 0 Å². The molecule has 0 spiro atoms. The molecule has 112 valence electrons. The third-order valence-corrected chi connectivity index (χ3v) is 2.48. The van der Waals surface area contributed by atoms with Crippen LogP contribution in [0.15, 0.2) is 23.9 Å². The first-order valence-electron chi connectivity index (χ1n) is 5.77. The lowest BCUT2D eigenvalue weighted by atomic mass is 10.2. The average molecular weight is 301 g/mol. The maximum Gasteiger partial charge on any atom is 0.350 e. The van der Waals surface area contributed by atoms with Gasteiger partial charge in [-0.15, -0.1) is 0 Å². The highest BCUT2D eigenvalue weighted by molar-refractivity contribution is 6.15. The van der Waals surface area contributed by atoms with Gasteiger partial charge in [-0.05, 0) is 0 Å². The molecule has 1 aromatic rings. The van der Waals surface area contributed by atoms with Gasteiger partial charge in [0.2, 0.25) is 0 Å². The van der Waals surface area contributed by atoms with E-state index in [1.165, 1.54) is 13.8 Å². The van der Waals surface area contributed by atoms with E-state index < -0.39 is 40.8 Å². The normalized spacial score (nSPS) is 17.1. The molecule has 1 aliphatic rings. The van der Waals surface area contributed by atoms with Gasteiger partial charge in [0.05, 0.1) is 0 Å². The summed E-state index contributed by atoms with van der Waals surface area (Å²) in [7, 11) is 0. The molecule has 5 nitrogen and oxygen atoms in total. The zero-order chi connectivity index (χ0) is 15.8. The van der Waals surface area contributed by atoms with Crippen molar-refractivity contribution in [2.45, 2.75) is 19.6 Å². The lowest BCUT2D eigenvalue weighted by Crippen LogP contribution is -2.42. The van der Waals surface area contributed by atoms with Crippen LogP contribution >= 0.6 is 0 Å². The van der Waals surface area contributed by atoms with Crippen LogP contribution in [0.4, 0.5) is 18.9 Å². The topological polar surface area (TPSA) is 64.6 Å². The van der Waals surface area contributed by atoms with Gasteiger partial charge in [-0.2, -0.15) is 0 Å². The summed E-state index contributed by atoms with van der Waals surface area (Å²) in [6, 6.07) is 1.33. The summed E-state index contributed by atoms with van der Waals surface area (Å²) >= 11 is 0. The fraction of sp³-hybridized carbons (Fsp3) is 0.231. The second-order valence-corrected chi connectivity index (χ2v) is 4.64. The Balaban J connectivity index is 2.22. The van der Waals surface area contributed by atoms with Crippen molar-refractivity contribution in [1.29, 1.82) is 0 Å². The van der Waals surface area contributed by atoms with Crippen molar-refractivity contribution in [2.24, 2.45) is 0 Å². The van der Waals surface area contributed by atoms with Crippen LogP contribution in [-0.2, 0) is 19.1 Å². The van der Waals surface area contributed by atoms with E-state index in [0.29, 0.717) is 12.1 Å². The predicted octanol–water partition coefficient (Wildman–Crippen LogP) is 2.24. The summed E-state index contributed by atoms with van der Waals surface area (Å²) in [5.74, 6) is -7.73. The van der Waals surface area contributed by atoms with E-state index in [9.17, 15) is 22.8 Å². The molecule has 21 heavy (non-hydrogen) atoms. The van der Waals surface area contributed by atoms with E-state index in [0.717, 1.165) is 6.20 Å². The highest BCUT2D eigenvalue weighted by Crippen LogP contribution is 2.23. The first-order chi connectivity index (χ1) is 9.69. The van der Waals surface area contributed by atoms with Crippen LogP contribution < -0.4 is 5.32 Å². The van der Waals surface area contributed by atoms with Crippen LogP contribution in [0.2, 0.25) is 0 Å². The number of hydrogen-bond donors (Lipinski definition) is 1. The van der Waals surface area contributed by atoms with Crippen molar-refractivity contribution >= 4 is 17.6 Å². The minimum atomic E-state index is -1.62. The molecule has 0 atom stereocenters. The third kappa shape index (κ3) is 3.15. The van der Waals surface area contributed by atoms with Gasteiger partial charge in [0, 0.05) is 37.9 Å². The number of halogens is 3. The zero-order valence-corrected chi connectivity index (χ0v) is 11.0. The summed E-state index contributed by atoms with van der Waals surface area (Å²) in [5, 5.41) is 2.30. The number of benzene rings is 1. The van der Waals surface area contributed by atoms with E-state index >= 15 is 0 Å². The Bertz CT molecular complexity index is 610. The molecule has 0 bridgehead atoms. The van der Waals surface area contributed by atoms with E-state index in [4.69, 9.17) is 9.47 Å². The summed E-state index contributed by atoms with van der Waals surface area (Å²) < 4.78 is 48.4. The smallest absolute Gasteiger partial charge is 0.350 e. The van der Waals surface area contributed by atoms with Crippen molar-refractivity contribution < 1.29 is 32.2 Å². The van der Waals surface area contributed by atoms with Crippen molar-refractivity contribution in [3.05, 3.63) is 41.4 Å².